The molecule has 0 bridgehead atoms. The summed E-state index contributed by atoms with van der Waals surface area (Å²) >= 11 is 13.1. The predicted octanol–water partition coefficient (Wildman–Crippen LogP) is 2.86. The van der Waals surface area contributed by atoms with Crippen LogP contribution in [0.2, 0.25) is 10.0 Å². The molecular formula is C15H7Cl2N3O3S. The first-order valence-electron chi connectivity index (χ1n) is 6.77. The molecule has 0 unspecified atom stereocenters. The summed E-state index contributed by atoms with van der Waals surface area (Å²) in [5.74, 6) is -0.969. The van der Waals surface area contributed by atoms with Gasteiger partial charge in [0.05, 0.1) is 33.4 Å². The van der Waals surface area contributed by atoms with Crippen LogP contribution in [-0.2, 0) is 6.54 Å². The molecule has 3 aromatic rings. The van der Waals surface area contributed by atoms with Crippen LogP contribution in [0.3, 0.4) is 0 Å². The van der Waals surface area contributed by atoms with Gasteiger partial charge in [-0.05, 0) is 12.1 Å². The molecule has 0 atom stereocenters. The van der Waals surface area contributed by atoms with E-state index < -0.39 is 11.8 Å². The summed E-state index contributed by atoms with van der Waals surface area (Å²) in [6, 6.07) is 4.07. The van der Waals surface area contributed by atoms with Crippen LogP contribution in [0.5, 0.6) is 0 Å². The zero-order valence-corrected chi connectivity index (χ0v) is 14.2. The molecule has 2 amide bonds. The van der Waals surface area contributed by atoms with E-state index in [1.165, 1.54) is 33.9 Å². The van der Waals surface area contributed by atoms with Crippen molar-refractivity contribution in [3.63, 3.8) is 0 Å². The number of aromatic nitrogens is 2. The minimum absolute atomic E-state index is 0.0920. The lowest BCUT2D eigenvalue weighted by Crippen LogP contribution is -2.30. The minimum atomic E-state index is -0.484. The summed E-state index contributed by atoms with van der Waals surface area (Å²) in [5, 5.41) is 2.14. The number of hydrogen-bond donors (Lipinski definition) is 0. The number of halogens is 2. The number of carbonyl (C=O) groups is 2. The molecule has 1 aliphatic rings. The van der Waals surface area contributed by atoms with Crippen LogP contribution in [0.1, 0.15) is 26.4 Å². The number of benzene rings is 1. The predicted molar refractivity (Wildman–Crippen MR) is 90.0 cm³/mol. The summed E-state index contributed by atoms with van der Waals surface area (Å²) in [5.41, 5.74) is 0.472. The van der Waals surface area contributed by atoms with E-state index in [0.29, 0.717) is 10.7 Å². The highest BCUT2D eigenvalue weighted by molar-refractivity contribution is 7.15. The Morgan fingerprint density at radius 2 is 1.62 bits per heavy atom. The van der Waals surface area contributed by atoms with Crippen LogP contribution in [-0.4, -0.2) is 26.1 Å². The molecular weight excluding hydrogens is 373 g/mol. The maximum absolute atomic E-state index is 12.5. The van der Waals surface area contributed by atoms with Crippen molar-refractivity contribution >= 4 is 51.3 Å². The molecule has 24 heavy (non-hydrogen) atoms. The van der Waals surface area contributed by atoms with Gasteiger partial charge in [-0.1, -0.05) is 23.2 Å². The van der Waals surface area contributed by atoms with Gasteiger partial charge in [-0.15, -0.1) is 11.3 Å². The van der Waals surface area contributed by atoms with Crippen LogP contribution in [0.4, 0.5) is 0 Å². The minimum Gasteiger partial charge on any atom is -0.269 e. The van der Waals surface area contributed by atoms with Gasteiger partial charge in [0.25, 0.3) is 17.4 Å². The topological polar surface area (TPSA) is 71.8 Å². The number of amides is 2. The van der Waals surface area contributed by atoms with E-state index in [1.807, 2.05) is 0 Å². The normalized spacial score (nSPS) is 13.8. The highest BCUT2D eigenvalue weighted by atomic mass is 35.5. The molecule has 0 N–H and O–H groups in total. The fourth-order valence-corrected chi connectivity index (χ4v) is 3.62. The number of imide groups is 1. The lowest BCUT2D eigenvalue weighted by molar-refractivity contribution is 0.0640. The standard InChI is InChI=1S/C15H7Cl2N3O3S/c16-10-4-8-9(5-11(10)17)14(23)20(13(8)22)6-7-3-12(21)19-1-2-24-15(19)18-7/h1-5H,6H2. The van der Waals surface area contributed by atoms with Gasteiger partial charge in [0.15, 0.2) is 4.96 Å². The number of hydrogen-bond acceptors (Lipinski definition) is 5. The Morgan fingerprint density at radius 1 is 1.00 bits per heavy atom. The van der Waals surface area contributed by atoms with E-state index >= 15 is 0 Å². The molecule has 9 heteroatoms. The maximum Gasteiger partial charge on any atom is 0.261 e. The Hall–Kier alpha value is -2.22. The van der Waals surface area contributed by atoms with Gasteiger partial charge in [0.1, 0.15) is 0 Å². The van der Waals surface area contributed by atoms with Crippen LogP contribution in [0.25, 0.3) is 4.96 Å². The fraction of sp³-hybridized carbons (Fsp3) is 0.0667. The van der Waals surface area contributed by atoms with Crippen LogP contribution in [0, 0.1) is 0 Å². The van der Waals surface area contributed by atoms with E-state index in [1.54, 1.807) is 11.6 Å². The molecule has 0 fully saturated rings. The molecule has 0 saturated carbocycles. The second-order valence-corrected chi connectivity index (χ2v) is 6.84. The first-order valence-corrected chi connectivity index (χ1v) is 8.40. The third kappa shape index (κ3) is 2.24. The summed E-state index contributed by atoms with van der Waals surface area (Å²) in [6.07, 6.45) is 1.62. The second-order valence-electron chi connectivity index (χ2n) is 5.15. The maximum atomic E-state index is 12.5. The van der Waals surface area contributed by atoms with Gasteiger partial charge in [0, 0.05) is 17.6 Å². The monoisotopic (exact) mass is 379 g/mol. The lowest BCUT2D eigenvalue weighted by atomic mass is 10.1. The Morgan fingerprint density at radius 3 is 2.25 bits per heavy atom. The highest BCUT2D eigenvalue weighted by Crippen LogP contribution is 2.32. The molecule has 0 saturated heterocycles. The molecule has 0 aliphatic carbocycles. The Balaban J connectivity index is 1.73. The van der Waals surface area contributed by atoms with Crippen LogP contribution >= 0.6 is 34.5 Å². The van der Waals surface area contributed by atoms with Gasteiger partial charge >= 0.3 is 0 Å². The molecule has 0 spiro atoms. The molecule has 4 rings (SSSR count). The van der Waals surface area contributed by atoms with Crippen molar-refractivity contribution in [3.05, 3.63) is 67.0 Å². The van der Waals surface area contributed by atoms with E-state index in [0.717, 1.165) is 4.90 Å². The second kappa shape index (κ2) is 5.41. The molecule has 120 valence electrons. The quantitative estimate of drug-likeness (QED) is 0.641. The number of carbonyl (C=O) groups excluding carboxylic acids is 2. The average molecular weight is 380 g/mol. The largest absolute Gasteiger partial charge is 0.269 e. The van der Waals surface area contributed by atoms with Crippen LogP contribution in [0.15, 0.2) is 34.6 Å². The first-order chi connectivity index (χ1) is 11.5. The van der Waals surface area contributed by atoms with Gasteiger partial charge in [0.2, 0.25) is 0 Å². The smallest absolute Gasteiger partial charge is 0.261 e. The Labute approximate surface area is 148 Å². The van der Waals surface area contributed by atoms with Crippen molar-refractivity contribution in [1.29, 1.82) is 0 Å². The number of rotatable bonds is 2. The van der Waals surface area contributed by atoms with Crippen LogP contribution < -0.4 is 5.56 Å². The van der Waals surface area contributed by atoms with Crippen molar-refractivity contribution in [3.8, 4) is 0 Å². The molecule has 2 aromatic heterocycles. The molecule has 1 aliphatic heterocycles. The Bertz CT molecular complexity index is 1050. The lowest BCUT2D eigenvalue weighted by Gasteiger charge is -2.12. The zero-order chi connectivity index (χ0) is 17.0. The van der Waals surface area contributed by atoms with E-state index in [2.05, 4.69) is 4.98 Å². The van der Waals surface area contributed by atoms with E-state index in [4.69, 9.17) is 23.2 Å². The van der Waals surface area contributed by atoms with Gasteiger partial charge in [-0.25, -0.2) is 4.98 Å². The molecule has 1 aromatic carbocycles. The Kier molecular flexibility index (Phi) is 3.45. The highest BCUT2D eigenvalue weighted by Gasteiger charge is 2.36. The fourth-order valence-electron chi connectivity index (χ4n) is 2.56. The molecule has 3 heterocycles. The van der Waals surface area contributed by atoms with Crippen molar-refractivity contribution in [2.45, 2.75) is 6.54 Å². The first kappa shape index (κ1) is 15.3. The third-order valence-electron chi connectivity index (χ3n) is 3.69. The average Bonchev–Trinajstić information content (AvgIpc) is 3.09. The molecule has 6 nitrogen and oxygen atoms in total. The number of nitrogens with zero attached hydrogens (tertiary/aromatic N) is 3. The van der Waals surface area contributed by atoms with Crippen molar-refractivity contribution in [1.82, 2.24) is 14.3 Å². The summed E-state index contributed by atoms with van der Waals surface area (Å²) in [4.78, 5) is 42.8. The van der Waals surface area contributed by atoms with E-state index in [-0.39, 0.29) is 33.3 Å². The van der Waals surface area contributed by atoms with Crippen molar-refractivity contribution in [2.75, 3.05) is 0 Å². The summed E-state index contributed by atoms with van der Waals surface area (Å²) in [6.45, 7) is -0.0920. The van der Waals surface area contributed by atoms with Gasteiger partial charge in [-0.2, -0.15) is 0 Å². The van der Waals surface area contributed by atoms with E-state index in [9.17, 15) is 14.4 Å². The zero-order valence-electron chi connectivity index (χ0n) is 11.8. The number of thiazole rings is 1. The molecule has 0 radical (unpaired) electrons. The summed E-state index contributed by atoms with van der Waals surface area (Å²) in [7, 11) is 0. The van der Waals surface area contributed by atoms with Gasteiger partial charge in [-0.3, -0.25) is 23.7 Å². The number of fused-ring (bicyclic) bond motifs is 2. The van der Waals surface area contributed by atoms with Gasteiger partial charge < -0.3 is 0 Å². The SMILES string of the molecule is O=C1c2cc(Cl)c(Cl)cc2C(=O)N1Cc1cc(=O)n2ccsc2n1. The third-order valence-corrected chi connectivity index (χ3v) is 5.17. The van der Waals surface area contributed by atoms with Crippen molar-refractivity contribution in [2.24, 2.45) is 0 Å². The summed E-state index contributed by atoms with van der Waals surface area (Å²) < 4.78 is 1.40. The van der Waals surface area contributed by atoms with Crippen molar-refractivity contribution < 1.29 is 9.59 Å².